The quantitative estimate of drug-likeness (QED) is 0.302. The Morgan fingerprint density at radius 3 is 2.53 bits per heavy atom. The lowest BCUT2D eigenvalue weighted by molar-refractivity contribution is -0.157. The summed E-state index contributed by atoms with van der Waals surface area (Å²) in [6, 6.07) is 13.7. The van der Waals surface area contributed by atoms with Gasteiger partial charge < -0.3 is 9.30 Å². The first-order chi connectivity index (χ1) is 15.2. The molecule has 0 saturated carbocycles. The summed E-state index contributed by atoms with van der Waals surface area (Å²) in [5.41, 5.74) is 2.71. The van der Waals surface area contributed by atoms with Crippen molar-refractivity contribution in [2.75, 3.05) is 6.61 Å². The Morgan fingerprint density at radius 1 is 1.12 bits per heavy atom. The molecule has 0 amide bonds. The second-order valence-corrected chi connectivity index (χ2v) is 8.02. The molecule has 0 aliphatic heterocycles. The maximum atomic E-state index is 13.2. The summed E-state index contributed by atoms with van der Waals surface area (Å²) in [6.07, 6.45) is 0.704. The predicted molar refractivity (Wildman–Crippen MR) is 116 cm³/mol. The number of aryl methyl sites for hydroxylation is 1. The lowest BCUT2D eigenvalue weighted by Gasteiger charge is -2.23. The molecule has 3 aromatic rings. The molecule has 0 saturated heterocycles. The largest absolute Gasteiger partial charge is 0.487 e. The monoisotopic (exact) mass is 445 g/mol. The van der Waals surface area contributed by atoms with Crippen LogP contribution >= 0.6 is 0 Å². The Morgan fingerprint density at radius 2 is 1.84 bits per heavy atom. The molecule has 3 nitrogen and oxygen atoms in total. The molecule has 7 heteroatoms. The number of halogens is 4. The van der Waals surface area contributed by atoms with Crippen LogP contribution in [-0.4, -0.2) is 29.3 Å². The van der Waals surface area contributed by atoms with Crippen LogP contribution < -0.4 is 0 Å². The highest BCUT2D eigenvalue weighted by atomic mass is 19.3. The highest BCUT2D eigenvalue weighted by molar-refractivity contribution is 6.11. The summed E-state index contributed by atoms with van der Waals surface area (Å²) in [5, 5.41) is 2.07. The average molecular weight is 445 g/mol. The lowest BCUT2D eigenvalue weighted by atomic mass is 9.83. The minimum Gasteiger partial charge on any atom is -0.487 e. The van der Waals surface area contributed by atoms with Crippen LogP contribution in [0.5, 0.6) is 0 Å². The molecular formula is C25H23F4NO2. The Labute approximate surface area is 183 Å². The first kappa shape index (κ1) is 22.1. The number of carbonyl (C=O) groups excluding carboxylic acids is 1. The number of hydrogen-bond acceptors (Lipinski definition) is 2. The molecule has 1 heterocycles. The highest BCUT2D eigenvalue weighted by Crippen LogP contribution is 2.33. The number of ketones is 1. The van der Waals surface area contributed by atoms with E-state index in [9.17, 15) is 22.4 Å². The van der Waals surface area contributed by atoms with Crippen LogP contribution in [0.15, 0.2) is 66.5 Å². The lowest BCUT2D eigenvalue weighted by Crippen LogP contribution is -2.32. The third-order valence-corrected chi connectivity index (χ3v) is 5.89. The molecule has 1 aromatic heterocycles. The van der Waals surface area contributed by atoms with Gasteiger partial charge in [0.05, 0.1) is 0 Å². The molecule has 0 bridgehead atoms. The van der Waals surface area contributed by atoms with Crippen LogP contribution in [0.4, 0.5) is 17.6 Å². The van der Waals surface area contributed by atoms with Gasteiger partial charge in [0.15, 0.2) is 12.4 Å². The summed E-state index contributed by atoms with van der Waals surface area (Å²) < 4.78 is 57.9. The van der Waals surface area contributed by atoms with E-state index in [0.717, 1.165) is 28.4 Å². The fourth-order valence-corrected chi connectivity index (χ4v) is 4.20. The van der Waals surface area contributed by atoms with Crippen LogP contribution in [0.25, 0.3) is 21.8 Å². The van der Waals surface area contributed by atoms with Gasteiger partial charge in [-0.05, 0) is 49.3 Å². The summed E-state index contributed by atoms with van der Waals surface area (Å²) in [5.74, 6) is -5.11. The number of Topliss-reactive ketones (excluding diaryl/α,β-unsaturated/α-hetero) is 1. The van der Waals surface area contributed by atoms with E-state index in [1.54, 1.807) is 19.1 Å². The fraction of sp³-hybridized carbons (Fsp3) is 0.320. The topological polar surface area (TPSA) is 31.2 Å². The molecule has 0 radical (unpaired) electrons. The Balaban J connectivity index is 1.57. The van der Waals surface area contributed by atoms with Crippen molar-refractivity contribution >= 4 is 27.6 Å². The molecule has 1 aliphatic rings. The van der Waals surface area contributed by atoms with Gasteiger partial charge in [-0.25, -0.2) is 8.78 Å². The van der Waals surface area contributed by atoms with Gasteiger partial charge in [0.2, 0.25) is 0 Å². The number of para-hydroxylation sites is 1. The van der Waals surface area contributed by atoms with E-state index in [0.29, 0.717) is 5.56 Å². The summed E-state index contributed by atoms with van der Waals surface area (Å²) in [4.78, 5) is 13.2. The van der Waals surface area contributed by atoms with Gasteiger partial charge in [0.1, 0.15) is 5.76 Å². The number of rotatable bonds is 7. The van der Waals surface area contributed by atoms with Crippen molar-refractivity contribution in [2.24, 2.45) is 11.8 Å². The van der Waals surface area contributed by atoms with Gasteiger partial charge in [0.25, 0.3) is 0 Å². The van der Waals surface area contributed by atoms with Crippen molar-refractivity contribution < 1.29 is 27.1 Å². The average Bonchev–Trinajstić information content (AvgIpc) is 3.10. The molecular weight excluding hydrogens is 422 g/mol. The zero-order valence-electron chi connectivity index (χ0n) is 17.7. The molecule has 0 N–H and O–H groups in total. The Hall–Kier alpha value is -3.09. The van der Waals surface area contributed by atoms with Crippen molar-refractivity contribution in [3.63, 3.8) is 0 Å². The molecule has 0 fully saturated rings. The molecule has 2 aromatic carbocycles. The Kier molecular flexibility index (Phi) is 5.84. The number of aromatic nitrogens is 1. The molecule has 2 unspecified atom stereocenters. The van der Waals surface area contributed by atoms with Gasteiger partial charge in [-0.15, -0.1) is 0 Å². The van der Waals surface area contributed by atoms with Gasteiger partial charge >= 0.3 is 12.3 Å². The van der Waals surface area contributed by atoms with Crippen LogP contribution in [0, 0.1) is 11.8 Å². The van der Waals surface area contributed by atoms with E-state index >= 15 is 0 Å². The van der Waals surface area contributed by atoms with E-state index < -0.39 is 24.9 Å². The maximum absolute atomic E-state index is 13.2. The van der Waals surface area contributed by atoms with Gasteiger partial charge in [-0.2, -0.15) is 8.78 Å². The zero-order chi connectivity index (χ0) is 23.0. The van der Waals surface area contributed by atoms with E-state index in [2.05, 4.69) is 17.6 Å². The van der Waals surface area contributed by atoms with Gasteiger partial charge in [-0.1, -0.05) is 31.2 Å². The van der Waals surface area contributed by atoms with Crippen molar-refractivity contribution in [1.29, 1.82) is 0 Å². The van der Waals surface area contributed by atoms with Crippen LogP contribution in [0.1, 0.15) is 24.2 Å². The minimum atomic E-state index is -4.22. The molecule has 1 aliphatic carbocycles. The van der Waals surface area contributed by atoms with Crippen molar-refractivity contribution in [2.45, 2.75) is 32.7 Å². The van der Waals surface area contributed by atoms with E-state index in [-0.39, 0.29) is 17.5 Å². The summed E-state index contributed by atoms with van der Waals surface area (Å²) >= 11 is 0. The molecule has 0 spiro atoms. The second-order valence-electron chi connectivity index (χ2n) is 8.02. The zero-order valence-corrected chi connectivity index (χ0v) is 17.7. The summed E-state index contributed by atoms with van der Waals surface area (Å²) in [6.45, 7) is 3.23. The molecule has 32 heavy (non-hydrogen) atoms. The van der Waals surface area contributed by atoms with Crippen LogP contribution in [-0.2, 0) is 11.3 Å². The number of hydrogen-bond donors (Lipinski definition) is 0. The van der Waals surface area contributed by atoms with Crippen LogP contribution in [0.3, 0.4) is 0 Å². The minimum absolute atomic E-state index is 0.0587. The number of carbonyl (C=O) groups is 1. The van der Waals surface area contributed by atoms with Crippen molar-refractivity contribution in [3.8, 4) is 0 Å². The first-order valence-corrected chi connectivity index (χ1v) is 10.5. The molecule has 168 valence electrons. The first-order valence-electron chi connectivity index (χ1n) is 10.5. The number of nitrogens with zero attached hydrogens (tertiary/aromatic N) is 1. The number of ether oxygens (including phenoxy) is 1. The summed E-state index contributed by atoms with van der Waals surface area (Å²) in [7, 11) is 0. The number of allylic oxidation sites excluding steroid dienone is 3. The third-order valence-electron chi connectivity index (χ3n) is 5.89. The van der Waals surface area contributed by atoms with Gasteiger partial charge in [-0.3, -0.25) is 4.79 Å². The standard InChI is InChI=1S/C25H23F4NO2/c1-3-30-21-7-5-4-6-19(21)20-13-16(8-11-22(20)30)23(31)18-10-9-17(12-15(18)2)32-14-25(28,29)24(26)27/h4-13,15,18,24H,3,14H2,1-2H3. The van der Waals surface area contributed by atoms with E-state index in [1.165, 1.54) is 12.2 Å². The normalized spacial score (nSPS) is 19.0. The molecule has 4 rings (SSSR count). The molecule has 2 atom stereocenters. The number of benzene rings is 2. The van der Waals surface area contributed by atoms with E-state index in [1.807, 2.05) is 30.3 Å². The van der Waals surface area contributed by atoms with Crippen molar-refractivity contribution in [3.05, 3.63) is 72.0 Å². The fourth-order valence-electron chi connectivity index (χ4n) is 4.20. The van der Waals surface area contributed by atoms with Gasteiger partial charge in [0, 0.05) is 39.8 Å². The number of fused-ring (bicyclic) bond motifs is 3. The van der Waals surface area contributed by atoms with Crippen LogP contribution in [0.2, 0.25) is 0 Å². The SMILES string of the molecule is CCn1c2ccccc2c2cc(C(=O)C3C=CC(OCC(F)(F)C(F)F)=CC3C)ccc21. The van der Waals surface area contributed by atoms with Crippen molar-refractivity contribution in [1.82, 2.24) is 4.57 Å². The second kappa shape index (κ2) is 8.45. The predicted octanol–water partition coefficient (Wildman–Crippen LogP) is 6.62. The Bertz CT molecular complexity index is 1230. The maximum Gasteiger partial charge on any atom is 0.340 e. The van der Waals surface area contributed by atoms with E-state index in [4.69, 9.17) is 4.74 Å². The highest BCUT2D eigenvalue weighted by Gasteiger charge is 2.42. The number of alkyl halides is 4. The smallest absolute Gasteiger partial charge is 0.340 e. The third kappa shape index (κ3) is 3.92.